The SMILES string of the molecule is CC(C)COc1nn(-c2ccccc2)c2c1cc(O)c1ccccc12. The van der Waals surface area contributed by atoms with Crippen LogP contribution in [0.1, 0.15) is 13.8 Å². The fraction of sp³-hybridized carbons (Fsp3) is 0.190. The molecule has 126 valence electrons. The third-order valence-corrected chi connectivity index (χ3v) is 4.18. The lowest BCUT2D eigenvalue weighted by atomic mass is 10.1. The predicted octanol–water partition coefficient (Wildman–Crippen LogP) is 4.92. The van der Waals surface area contributed by atoms with Crippen LogP contribution in [-0.2, 0) is 0 Å². The number of nitrogens with zero attached hydrogens (tertiary/aromatic N) is 2. The van der Waals surface area contributed by atoms with E-state index in [1.165, 1.54) is 0 Å². The maximum absolute atomic E-state index is 10.5. The third kappa shape index (κ3) is 2.70. The van der Waals surface area contributed by atoms with E-state index in [1.807, 2.05) is 59.3 Å². The Labute approximate surface area is 146 Å². The van der Waals surface area contributed by atoms with E-state index in [-0.39, 0.29) is 5.75 Å². The molecular formula is C21H20N2O2. The zero-order valence-corrected chi connectivity index (χ0v) is 14.3. The average Bonchev–Trinajstić information content (AvgIpc) is 2.99. The molecule has 0 amide bonds. The first-order chi connectivity index (χ1) is 12.1. The molecular weight excluding hydrogens is 312 g/mol. The average molecular weight is 332 g/mol. The molecule has 0 saturated carbocycles. The van der Waals surface area contributed by atoms with Gasteiger partial charge in [0, 0.05) is 10.8 Å². The first-order valence-electron chi connectivity index (χ1n) is 8.47. The Balaban J connectivity index is 2.05. The fourth-order valence-corrected chi connectivity index (χ4v) is 3.04. The van der Waals surface area contributed by atoms with Crippen LogP contribution >= 0.6 is 0 Å². The predicted molar refractivity (Wildman–Crippen MR) is 101 cm³/mol. The molecule has 0 aliphatic rings. The van der Waals surface area contributed by atoms with Gasteiger partial charge >= 0.3 is 0 Å². The number of para-hydroxylation sites is 1. The van der Waals surface area contributed by atoms with Crippen molar-refractivity contribution in [3.8, 4) is 17.3 Å². The van der Waals surface area contributed by atoms with Gasteiger partial charge in [-0.25, -0.2) is 4.68 Å². The first-order valence-corrected chi connectivity index (χ1v) is 8.47. The Bertz CT molecular complexity index is 1040. The second kappa shape index (κ2) is 6.13. The van der Waals surface area contributed by atoms with Crippen molar-refractivity contribution in [3.05, 3.63) is 60.7 Å². The number of benzene rings is 3. The second-order valence-corrected chi connectivity index (χ2v) is 6.59. The Morgan fingerprint density at radius 3 is 2.36 bits per heavy atom. The van der Waals surface area contributed by atoms with Crippen molar-refractivity contribution in [2.45, 2.75) is 13.8 Å². The van der Waals surface area contributed by atoms with Crippen molar-refractivity contribution in [1.82, 2.24) is 9.78 Å². The van der Waals surface area contributed by atoms with Crippen LogP contribution in [0.2, 0.25) is 0 Å². The monoisotopic (exact) mass is 332 g/mol. The van der Waals surface area contributed by atoms with E-state index in [9.17, 15) is 5.11 Å². The molecule has 0 saturated heterocycles. The summed E-state index contributed by atoms with van der Waals surface area (Å²) in [7, 11) is 0. The molecule has 3 aromatic carbocycles. The van der Waals surface area contributed by atoms with Crippen LogP contribution in [0, 0.1) is 5.92 Å². The molecule has 4 aromatic rings. The van der Waals surface area contributed by atoms with Gasteiger partial charge in [0.1, 0.15) is 5.75 Å². The van der Waals surface area contributed by atoms with Crippen LogP contribution in [0.25, 0.3) is 27.4 Å². The van der Waals surface area contributed by atoms with Crippen molar-refractivity contribution < 1.29 is 9.84 Å². The molecule has 25 heavy (non-hydrogen) atoms. The summed E-state index contributed by atoms with van der Waals surface area (Å²) in [5.41, 5.74) is 1.90. The highest BCUT2D eigenvalue weighted by Crippen LogP contribution is 2.38. The maximum Gasteiger partial charge on any atom is 0.241 e. The van der Waals surface area contributed by atoms with E-state index in [4.69, 9.17) is 9.84 Å². The molecule has 0 spiro atoms. The molecule has 0 aliphatic heterocycles. The highest BCUT2D eigenvalue weighted by atomic mass is 16.5. The van der Waals surface area contributed by atoms with E-state index < -0.39 is 0 Å². The largest absolute Gasteiger partial charge is 0.507 e. The van der Waals surface area contributed by atoms with Gasteiger partial charge in [0.2, 0.25) is 5.88 Å². The zero-order valence-electron chi connectivity index (χ0n) is 14.3. The molecule has 1 heterocycles. The maximum atomic E-state index is 10.5. The van der Waals surface area contributed by atoms with Crippen LogP contribution < -0.4 is 4.74 Å². The fourth-order valence-electron chi connectivity index (χ4n) is 3.04. The smallest absolute Gasteiger partial charge is 0.241 e. The summed E-state index contributed by atoms with van der Waals surface area (Å²) in [6.07, 6.45) is 0. The molecule has 0 fully saturated rings. The summed E-state index contributed by atoms with van der Waals surface area (Å²) in [4.78, 5) is 0. The normalized spacial score (nSPS) is 11.5. The molecule has 4 heteroatoms. The number of ether oxygens (including phenoxy) is 1. The summed E-state index contributed by atoms with van der Waals surface area (Å²) < 4.78 is 7.84. The van der Waals surface area contributed by atoms with Crippen molar-refractivity contribution >= 4 is 21.7 Å². The summed E-state index contributed by atoms with van der Waals surface area (Å²) in [6.45, 7) is 4.78. The second-order valence-electron chi connectivity index (χ2n) is 6.59. The minimum atomic E-state index is 0.241. The van der Waals surface area contributed by atoms with Gasteiger partial charge in [0.15, 0.2) is 0 Å². The van der Waals surface area contributed by atoms with Crippen molar-refractivity contribution in [2.75, 3.05) is 6.61 Å². The van der Waals surface area contributed by atoms with Gasteiger partial charge < -0.3 is 9.84 Å². The first kappa shape index (κ1) is 15.5. The van der Waals surface area contributed by atoms with Crippen LogP contribution in [-0.4, -0.2) is 21.5 Å². The summed E-state index contributed by atoms with van der Waals surface area (Å²) in [5.74, 6) is 1.18. The Kier molecular flexibility index (Phi) is 3.80. The van der Waals surface area contributed by atoms with Crippen molar-refractivity contribution in [1.29, 1.82) is 0 Å². The number of fused-ring (bicyclic) bond motifs is 3. The number of phenols is 1. The Hall–Kier alpha value is -3.01. The van der Waals surface area contributed by atoms with E-state index in [0.717, 1.165) is 27.4 Å². The molecule has 0 atom stereocenters. The molecule has 1 aromatic heterocycles. The molecule has 0 aliphatic carbocycles. The van der Waals surface area contributed by atoms with E-state index in [2.05, 4.69) is 13.8 Å². The number of hydrogen-bond donors (Lipinski definition) is 1. The minimum Gasteiger partial charge on any atom is -0.507 e. The lowest BCUT2D eigenvalue weighted by molar-refractivity contribution is 0.262. The van der Waals surface area contributed by atoms with E-state index in [1.54, 1.807) is 6.07 Å². The quantitative estimate of drug-likeness (QED) is 0.577. The van der Waals surface area contributed by atoms with Gasteiger partial charge in [-0.1, -0.05) is 56.3 Å². The highest BCUT2D eigenvalue weighted by Gasteiger charge is 2.18. The molecule has 1 N–H and O–H groups in total. The molecule has 0 bridgehead atoms. The number of phenolic OH excluding ortho intramolecular Hbond substituents is 1. The Morgan fingerprint density at radius 2 is 1.64 bits per heavy atom. The standard InChI is InChI=1S/C21H20N2O2/c1-14(2)13-25-21-18-12-19(24)16-10-6-7-11-17(16)20(18)23(22-21)15-8-4-3-5-9-15/h3-12,14,24H,13H2,1-2H3. The van der Waals surface area contributed by atoms with Crippen molar-refractivity contribution in [3.63, 3.8) is 0 Å². The molecule has 4 nitrogen and oxygen atoms in total. The van der Waals surface area contributed by atoms with Crippen molar-refractivity contribution in [2.24, 2.45) is 5.92 Å². The zero-order chi connectivity index (χ0) is 17.4. The van der Waals surface area contributed by atoms with Gasteiger partial charge in [-0.05, 0) is 24.1 Å². The Morgan fingerprint density at radius 1 is 0.960 bits per heavy atom. The number of aromatic nitrogens is 2. The highest BCUT2D eigenvalue weighted by molar-refractivity contribution is 6.10. The van der Waals surface area contributed by atoms with Gasteiger partial charge in [-0.15, -0.1) is 5.10 Å². The minimum absolute atomic E-state index is 0.241. The van der Waals surface area contributed by atoms with E-state index >= 15 is 0 Å². The molecule has 0 unspecified atom stereocenters. The van der Waals surface area contributed by atoms with Crippen LogP contribution in [0.3, 0.4) is 0 Å². The molecule has 4 rings (SSSR count). The van der Waals surface area contributed by atoms with Gasteiger partial charge in [-0.2, -0.15) is 0 Å². The lowest BCUT2D eigenvalue weighted by Gasteiger charge is -2.07. The van der Waals surface area contributed by atoms with Gasteiger partial charge in [-0.3, -0.25) is 0 Å². The summed E-state index contributed by atoms with van der Waals surface area (Å²) >= 11 is 0. The lowest BCUT2D eigenvalue weighted by Crippen LogP contribution is -2.05. The summed E-state index contributed by atoms with van der Waals surface area (Å²) in [5, 5.41) is 17.7. The molecule has 0 radical (unpaired) electrons. The van der Waals surface area contributed by atoms with E-state index in [0.29, 0.717) is 18.4 Å². The van der Waals surface area contributed by atoms with Crippen LogP contribution in [0.15, 0.2) is 60.7 Å². The number of hydrogen-bond acceptors (Lipinski definition) is 3. The summed E-state index contributed by atoms with van der Waals surface area (Å²) in [6, 6.07) is 19.5. The number of rotatable bonds is 4. The topological polar surface area (TPSA) is 47.3 Å². The van der Waals surface area contributed by atoms with Gasteiger partial charge in [0.05, 0.1) is 23.2 Å². The van der Waals surface area contributed by atoms with Crippen LogP contribution in [0.4, 0.5) is 0 Å². The third-order valence-electron chi connectivity index (χ3n) is 4.18. The number of aromatic hydroxyl groups is 1. The van der Waals surface area contributed by atoms with Crippen LogP contribution in [0.5, 0.6) is 11.6 Å². The van der Waals surface area contributed by atoms with Gasteiger partial charge in [0.25, 0.3) is 0 Å².